The number of fused-ring (bicyclic) bond motifs is 1. The number of aromatic nitrogens is 1. The lowest BCUT2D eigenvalue weighted by atomic mass is 10.1. The number of aryl methyl sites for hydroxylation is 2. The molecule has 0 bridgehead atoms. The number of methoxy groups -OCH3 is 1. The van der Waals surface area contributed by atoms with Gasteiger partial charge in [0.15, 0.2) is 5.75 Å². The maximum absolute atomic E-state index is 5.85. The van der Waals surface area contributed by atoms with Gasteiger partial charge in [0, 0.05) is 11.1 Å². The molecule has 0 unspecified atom stereocenters. The molecule has 1 aromatic carbocycles. The molecule has 2 N–H and O–H groups in total. The van der Waals surface area contributed by atoms with E-state index in [9.17, 15) is 0 Å². The van der Waals surface area contributed by atoms with E-state index in [0.29, 0.717) is 5.69 Å². The van der Waals surface area contributed by atoms with Crippen LogP contribution >= 0.6 is 0 Å². The van der Waals surface area contributed by atoms with Crippen LogP contribution in [0.15, 0.2) is 18.2 Å². The number of hydrogen-bond acceptors (Lipinski definition) is 3. The van der Waals surface area contributed by atoms with Crippen LogP contribution < -0.4 is 10.5 Å². The van der Waals surface area contributed by atoms with Gasteiger partial charge in [0.05, 0.1) is 18.3 Å². The molecule has 0 aliphatic heterocycles. The summed E-state index contributed by atoms with van der Waals surface area (Å²) in [4.78, 5) is 4.45. The number of ether oxygens (including phenoxy) is 1. The van der Waals surface area contributed by atoms with E-state index in [1.165, 1.54) is 0 Å². The fraction of sp³-hybridized carbons (Fsp3) is 0.250. The maximum Gasteiger partial charge on any atom is 0.151 e. The van der Waals surface area contributed by atoms with Crippen molar-refractivity contribution in [2.45, 2.75) is 13.8 Å². The van der Waals surface area contributed by atoms with Crippen LogP contribution in [0.2, 0.25) is 0 Å². The molecular formula is C12H14N2O. The van der Waals surface area contributed by atoms with Gasteiger partial charge in [-0.05, 0) is 37.6 Å². The molecule has 3 heteroatoms. The highest BCUT2D eigenvalue weighted by molar-refractivity contribution is 5.93. The molecule has 0 saturated heterocycles. The van der Waals surface area contributed by atoms with Gasteiger partial charge >= 0.3 is 0 Å². The Hall–Kier alpha value is -1.77. The highest BCUT2D eigenvalue weighted by Crippen LogP contribution is 2.33. The molecule has 78 valence electrons. The van der Waals surface area contributed by atoms with E-state index in [4.69, 9.17) is 10.5 Å². The average molecular weight is 202 g/mol. The summed E-state index contributed by atoms with van der Waals surface area (Å²) in [5.74, 6) is 0.720. The smallest absolute Gasteiger partial charge is 0.151 e. The van der Waals surface area contributed by atoms with E-state index in [2.05, 4.69) is 4.98 Å². The SMILES string of the molecule is COc1c(N)ccc2nc(C)cc(C)c12. The van der Waals surface area contributed by atoms with Crippen LogP contribution in [0.4, 0.5) is 5.69 Å². The molecule has 0 aliphatic rings. The summed E-state index contributed by atoms with van der Waals surface area (Å²) < 4.78 is 5.31. The molecule has 0 atom stereocenters. The standard InChI is InChI=1S/C12H14N2O/c1-7-6-8(2)14-10-5-4-9(13)12(15-3)11(7)10/h4-6H,13H2,1-3H3. The maximum atomic E-state index is 5.85. The molecule has 0 aliphatic carbocycles. The van der Waals surface area contributed by atoms with Crippen LogP contribution in [0, 0.1) is 13.8 Å². The molecule has 1 heterocycles. The lowest BCUT2D eigenvalue weighted by molar-refractivity contribution is 0.421. The van der Waals surface area contributed by atoms with Crippen LogP contribution in [0.5, 0.6) is 5.75 Å². The fourth-order valence-electron chi connectivity index (χ4n) is 1.89. The van der Waals surface area contributed by atoms with Crippen molar-refractivity contribution < 1.29 is 4.74 Å². The van der Waals surface area contributed by atoms with Crippen molar-refractivity contribution in [3.63, 3.8) is 0 Å². The second-order valence-corrected chi connectivity index (χ2v) is 3.66. The zero-order chi connectivity index (χ0) is 11.0. The van der Waals surface area contributed by atoms with Crippen LogP contribution in [0.3, 0.4) is 0 Å². The van der Waals surface area contributed by atoms with Crippen molar-refractivity contribution >= 4 is 16.6 Å². The molecule has 2 rings (SSSR count). The Morgan fingerprint density at radius 3 is 2.67 bits per heavy atom. The highest BCUT2D eigenvalue weighted by Gasteiger charge is 2.09. The van der Waals surface area contributed by atoms with E-state index >= 15 is 0 Å². The van der Waals surface area contributed by atoms with E-state index in [1.807, 2.05) is 32.0 Å². The lowest BCUT2D eigenvalue weighted by Crippen LogP contribution is -1.96. The first-order valence-corrected chi connectivity index (χ1v) is 4.84. The minimum absolute atomic E-state index is 0.652. The van der Waals surface area contributed by atoms with Crippen LogP contribution in [-0.2, 0) is 0 Å². The molecule has 15 heavy (non-hydrogen) atoms. The van der Waals surface area contributed by atoms with Crippen molar-refractivity contribution in [1.29, 1.82) is 0 Å². The van der Waals surface area contributed by atoms with E-state index < -0.39 is 0 Å². The number of pyridine rings is 1. The van der Waals surface area contributed by atoms with Gasteiger partial charge in [-0.3, -0.25) is 4.98 Å². The van der Waals surface area contributed by atoms with Crippen molar-refractivity contribution in [3.05, 3.63) is 29.5 Å². The van der Waals surface area contributed by atoms with Gasteiger partial charge in [0.25, 0.3) is 0 Å². The molecule has 3 nitrogen and oxygen atoms in total. The minimum atomic E-state index is 0.652. The summed E-state index contributed by atoms with van der Waals surface area (Å²) in [5, 5.41) is 1.00. The Morgan fingerprint density at radius 1 is 1.27 bits per heavy atom. The van der Waals surface area contributed by atoms with Gasteiger partial charge in [0.2, 0.25) is 0 Å². The first-order chi connectivity index (χ1) is 7.13. The highest BCUT2D eigenvalue weighted by atomic mass is 16.5. The Labute approximate surface area is 88.9 Å². The summed E-state index contributed by atoms with van der Waals surface area (Å²) in [6.07, 6.45) is 0. The molecule has 0 spiro atoms. The molecule has 1 aromatic heterocycles. The topological polar surface area (TPSA) is 48.1 Å². The van der Waals surface area contributed by atoms with E-state index in [1.54, 1.807) is 7.11 Å². The molecule has 2 aromatic rings. The average Bonchev–Trinajstić information content (AvgIpc) is 2.18. The predicted octanol–water partition coefficient (Wildman–Crippen LogP) is 2.44. The van der Waals surface area contributed by atoms with Crippen molar-refractivity contribution in [1.82, 2.24) is 4.98 Å². The summed E-state index contributed by atoms with van der Waals surface area (Å²) in [6.45, 7) is 4.02. The summed E-state index contributed by atoms with van der Waals surface area (Å²) in [7, 11) is 1.63. The van der Waals surface area contributed by atoms with Gasteiger partial charge < -0.3 is 10.5 Å². The van der Waals surface area contributed by atoms with E-state index in [0.717, 1.165) is 27.9 Å². The van der Waals surface area contributed by atoms with Gasteiger partial charge in [0.1, 0.15) is 0 Å². The van der Waals surface area contributed by atoms with Gasteiger partial charge in [-0.2, -0.15) is 0 Å². The zero-order valence-corrected chi connectivity index (χ0v) is 9.16. The molecular weight excluding hydrogens is 188 g/mol. The van der Waals surface area contributed by atoms with Crippen LogP contribution in [-0.4, -0.2) is 12.1 Å². The quantitative estimate of drug-likeness (QED) is 0.722. The predicted molar refractivity (Wildman–Crippen MR) is 62.2 cm³/mol. The Bertz CT molecular complexity index is 521. The van der Waals surface area contributed by atoms with Crippen LogP contribution in [0.25, 0.3) is 10.9 Å². The number of nitrogen functional groups attached to an aromatic ring is 1. The molecule has 0 radical (unpaired) electrons. The molecule has 0 amide bonds. The fourth-order valence-corrected chi connectivity index (χ4v) is 1.89. The zero-order valence-electron chi connectivity index (χ0n) is 9.16. The first-order valence-electron chi connectivity index (χ1n) is 4.84. The first kappa shape index (κ1) is 9.77. The second-order valence-electron chi connectivity index (χ2n) is 3.66. The third-order valence-corrected chi connectivity index (χ3v) is 2.49. The largest absolute Gasteiger partial charge is 0.494 e. The van der Waals surface area contributed by atoms with Gasteiger partial charge in [-0.1, -0.05) is 0 Å². The number of anilines is 1. The Morgan fingerprint density at radius 2 is 2.00 bits per heavy atom. The molecule has 0 fully saturated rings. The monoisotopic (exact) mass is 202 g/mol. The lowest BCUT2D eigenvalue weighted by Gasteiger charge is -2.10. The second kappa shape index (κ2) is 3.42. The summed E-state index contributed by atoms with van der Waals surface area (Å²) in [6, 6.07) is 5.78. The third kappa shape index (κ3) is 1.50. The van der Waals surface area contributed by atoms with Crippen molar-refractivity contribution in [3.8, 4) is 5.75 Å². The van der Waals surface area contributed by atoms with Gasteiger partial charge in [-0.15, -0.1) is 0 Å². The van der Waals surface area contributed by atoms with E-state index in [-0.39, 0.29) is 0 Å². The third-order valence-electron chi connectivity index (χ3n) is 2.49. The van der Waals surface area contributed by atoms with Crippen LogP contribution in [0.1, 0.15) is 11.3 Å². The van der Waals surface area contributed by atoms with Crippen molar-refractivity contribution in [2.75, 3.05) is 12.8 Å². The number of nitrogens with two attached hydrogens (primary N) is 1. The Balaban J connectivity index is 2.91. The molecule has 0 saturated carbocycles. The number of rotatable bonds is 1. The minimum Gasteiger partial charge on any atom is -0.494 e. The van der Waals surface area contributed by atoms with Crippen molar-refractivity contribution in [2.24, 2.45) is 0 Å². The van der Waals surface area contributed by atoms with Gasteiger partial charge in [-0.25, -0.2) is 0 Å². The normalized spacial score (nSPS) is 10.6. The Kier molecular flexibility index (Phi) is 2.23. The summed E-state index contributed by atoms with van der Waals surface area (Å²) in [5.41, 5.74) is 9.58. The number of nitrogens with zero attached hydrogens (tertiary/aromatic N) is 1. The number of benzene rings is 1. The number of hydrogen-bond donors (Lipinski definition) is 1. The summed E-state index contributed by atoms with van der Waals surface area (Å²) >= 11 is 0.